The number of nitrogens with zero attached hydrogens (tertiary/aromatic N) is 5. The highest BCUT2D eigenvalue weighted by Crippen LogP contribution is 2.22. The van der Waals surface area contributed by atoms with E-state index in [2.05, 4.69) is 21.8 Å². The third-order valence-corrected chi connectivity index (χ3v) is 5.35. The minimum Gasteiger partial charge on any atom is -0.339 e. The van der Waals surface area contributed by atoms with E-state index in [1.165, 1.54) is 4.57 Å². The number of piperazine rings is 1. The van der Waals surface area contributed by atoms with Crippen LogP contribution in [0.25, 0.3) is 11.2 Å². The summed E-state index contributed by atoms with van der Waals surface area (Å²) in [5.41, 5.74) is -0.00947. The zero-order chi connectivity index (χ0) is 20.3. The molecule has 1 aliphatic rings. The lowest BCUT2D eigenvalue weighted by molar-refractivity contribution is -0.131. The summed E-state index contributed by atoms with van der Waals surface area (Å²) in [6.45, 7) is 7.44. The minimum absolute atomic E-state index is 0.192. The Morgan fingerprint density at radius 3 is 2.43 bits per heavy atom. The van der Waals surface area contributed by atoms with Crippen LogP contribution in [0.3, 0.4) is 0 Å². The second kappa shape index (κ2) is 8.62. The first-order valence-corrected chi connectivity index (χ1v) is 10.2. The van der Waals surface area contributed by atoms with E-state index < -0.39 is 11.2 Å². The van der Waals surface area contributed by atoms with Crippen LogP contribution < -0.4 is 16.1 Å². The first kappa shape index (κ1) is 20.2. The van der Waals surface area contributed by atoms with Crippen LogP contribution in [0, 0.1) is 0 Å². The van der Waals surface area contributed by atoms with Crippen molar-refractivity contribution in [2.75, 3.05) is 31.1 Å². The van der Waals surface area contributed by atoms with Crippen LogP contribution in [-0.4, -0.2) is 56.1 Å². The first-order chi connectivity index (χ1) is 13.5. The predicted octanol–water partition coefficient (Wildman–Crippen LogP) is 1.06. The smallest absolute Gasteiger partial charge is 0.329 e. The minimum atomic E-state index is -0.461. The van der Waals surface area contributed by atoms with E-state index >= 15 is 0 Å². The van der Waals surface area contributed by atoms with E-state index in [4.69, 9.17) is 0 Å². The summed E-state index contributed by atoms with van der Waals surface area (Å²) < 4.78 is 3.32. The fourth-order valence-corrected chi connectivity index (χ4v) is 3.72. The van der Waals surface area contributed by atoms with Crippen LogP contribution in [0.5, 0.6) is 0 Å². The molecule has 0 spiro atoms. The van der Waals surface area contributed by atoms with Crippen molar-refractivity contribution in [2.45, 2.75) is 52.5 Å². The van der Waals surface area contributed by atoms with Gasteiger partial charge in [-0.3, -0.25) is 19.1 Å². The van der Waals surface area contributed by atoms with E-state index in [0.29, 0.717) is 56.3 Å². The van der Waals surface area contributed by atoms with E-state index in [1.54, 1.807) is 7.05 Å². The first-order valence-electron chi connectivity index (χ1n) is 10.2. The summed E-state index contributed by atoms with van der Waals surface area (Å²) in [6.07, 6.45) is 4.50. The molecular formula is C19H30N6O3. The number of nitrogens with one attached hydrogen (secondary N) is 1. The zero-order valence-corrected chi connectivity index (χ0v) is 17.0. The van der Waals surface area contributed by atoms with E-state index in [-0.39, 0.29) is 5.91 Å². The van der Waals surface area contributed by atoms with Gasteiger partial charge in [0, 0.05) is 46.2 Å². The quantitative estimate of drug-likeness (QED) is 0.713. The number of carbonyl (C=O) groups is 1. The normalized spacial score (nSPS) is 14.8. The standard InChI is InChI=1S/C19H30N6O3/c1-4-6-7-9-25-15-16(22(3)19(28)21-17(15)27)20-18(25)24-12-10-23(11-13-24)14(26)8-5-2/h4-13H2,1-3H3,(H,21,27,28). The number of unbranched alkanes of at least 4 members (excludes halogenated alkanes) is 2. The number of aryl methyl sites for hydroxylation is 2. The van der Waals surface area contributed by atoms with Crippen LogP contribution in [-0.2, 0) is 18.4 Å². The number of anilines is 1. The van der Waals surface area contributed by atoms with Gasteiger partial charge in [0.2, 0.25) is 11.9 Å². The van der Waals surface area contributed by atoms with Crippen molar-refractivity contribution in [3.05, 3.63) is 20.8 Å². The molecule has 1 N–H and O–H groups in total. The van der Waals surface area contributed by atoms with Crippen LogP contribution in [0.1, 0.15) is 46.0 Å². The Kier molecular flexibility index (Phi) is 6.21. The number of amides is 1. The van der Waals surface area contributed by atoms with Crippen molar-refractivity contribution in [3.63, 3.8) is 0 Å². The van der Waals surface area contributed by atoms with Gasteiger partial charge in [-0.15, -0.1) is 0 Å². The van der Waals surface area contributed by atoms with Gasteiger partial charge in [0.1, 0.15) is 0 Å². The number of H-pyrrole nitrogens is 1. The molecule has 9 nitrogen and oxygen atoms in total. The maximum atomic E-state index is 12.5. The molecule has 3 rings (SSSR count). The zero-order valence-electron chi connectivity index (χ0n) is 17.0. The number of fused-ring (bicyclic) bond motifs is 1. The van der Waals surface area contributed by atoms with Crippen LogP contribution in [0.4, 0.5) is 5.95 Å². The lowest BCUT2D eigenvalue weighted by Crippen LogP contribution is -2.49. The van der Waals surface area contributed by atoms with Gasteiger partial charge < -0.3 is 14.4 Å². The molecule has 2 aromatic rings. The average Bonchev–Trinajstić information content (AvgIpc) is 3.07. The summed E-state index contributed by atoms with van der Waals surface area (Å²) in [6, 6.07) is 0. The van der Waals surface area contributed by atoms with Gasteiger partial charge in [-0.1, -0.05) is 26.7 Å². The van der Waals surface area contributed by atoms with E-state index in [1.807, 2.05) is 16.4 Å². The molecule has 0 aliphatic carbocycles. The topological polar surface area (TPSA) is 96.2 Å². The number of hydrogen-bond acceptors (Lipinski definition) is 5. The Hall–Kier alpha value is -2.58. The fraction of sp³-hybridized carbons (Fsp3) is 0.684. The number of hydrogen-bond donors (Lipinski definition) is 1. The van der Waals surface area contributed by atoms with Crippen molar-refractivity contribution in [1.82, 2.24) is 24.0 Å². The summed E-state index contributed by atoms with van der Waals surface area (Å²) >= 11 is 0. The van der Waals surface area contributed by atoms with E-state index in [0.717, 1.165) is 25.7 Å². The van der Waals surface area contributed by atoms with Crippen molar-refractivity contribution >= 4 is 23.0 Å². The second-order valence-corrected chi connectivity index (χ2v) is 7.38. The molecule has 1 fully saturated rings. The Morgan fingerprint density at radius 1 is 1.07 bits per heavy atom. The molecule has 0 bridgehead atoms. The summed E-state index contributed by atoms with van der Waals surface area (Å²) in [7, 11) is 1.62. The molecule has 0 atom stereocenters. The Bertz CT molecular complexity index is 949. The molecule has 1 aliphatic heterocycles. The molecule has 154 valence electrons. The fourth-order valence-electron chi connectivity index (χ4n) is 3.72. The second-order valence-electron chi connectivity index (χ2n) is 7.38. The average molecular weight is 390 g/mol. The number of imidazole rings is 1. The number of carbonyl (C=O) groups excluding carboxylic acids is 1. The highest BCUT2D eigenvalue weighted by Gasteiger charge is 2.26. The third kappa shape index (κ3) is 3.83. The largest absolute Gasteiger partial charge is 0.339 e. The van der Waals surface area contributed by atoms with E-state index in [9.17, 15) is 14.4 Å². The molecule has 0 unspecified atom stereocenters. The summed E-state index contributed by atoms with van der Waals surface area (Å²) in [5.74, 6) is 0.901. The summed E-state index contributed by atoms with van der Waals surface area (Å²) in [5, 5.41) is 0. The third-order valence-electron chi connectivity index (χ3n) is 5.35. The maximum absolute atomic E-state index is 12.5. The van der Waals surface area contributed by atoms with Crippen LogP contribution in [0.2, 0.25) is 0 Å². The van der Waals surface area contributed by atoms with Gasteiger partial charge in [0.25, 0.3) is 5.56 Å². The highest BCUT2D eigenvalue weighted by atomic mass is 16.2. The van der Waals surface area contributed by atoms with Crippen molar-refractivity contribution in [2.24, 2.45) is 7.05 Å². The van der Waals surface area contributed by atoms with Crippen LogP contribution in [0.15, 0.2) is 9.59 Å². The molecule has 0 radical (unpaired) electrons. The van der Waals surface area contributed by atoms with Crippen molar-refractivity contribution in [3.8, 4) is 0 Å². The highest BCUT2D eigenvalue weighted by molar-refractivity contribution is 5.77. The Morgan fingerprint density at radius 2 is 1.79 bits per heavy atom. The van der Waals surface area contributed by atoms with Gasteiger partial charge in [-0.05, 0) is 12.8 Å². The molecule has 9 heteroatoms. The molecule has 1 saturated heterocycles. The van der Waals surface area contributed by atoms with Gasteiger partial charge in [0.05, 0.1) is 0 Å². The number of aromatic nitrogens is 4. The van der Waals surface area contributed by atoms with Gasteiger partial charge in [-0.2, -0.15) is 4.98 Å². The lowest BCUT2D eigenvalue weighted by atomic mass is 10.2. The monoisotopic (exact) mass is 390 g/mol. The van der Waals surface area contributed by atoms with Crippen LogP contribution >= 0.6 is 0 Å². The SMILES string of the molecule is CCCCCn1c(N2CCN(C(=O)CCC)CC2)nc2c1c(=O)[nH]c(=O)n2C. The summed E-state index contributed by atoms with van der Waals surface area (Å²) in [4.78, 5) is 47.7. The number of aromatic amines is 1. The lowest BCUT2D eigenvalue weighted by Gasteiger charge is -2.35. The van der Waals surface area contributed by atoms with Gasteiger partial charge in [0.15, 0.2) is 11.2 Å². The Balaban J connectivity index is 1.94. The molecule has 3 heterocycles. The molecule has 0 saturated carbocycles. The van der Waals surface area contributed by atoms with Gasteiger partial charge >= 0.3 is 5.69 Å². The van der Waals surface area contributed by atoms with Gasteiger partial charge in [-0.25, -0.2) is 4.79 Å². The molecule has 28 heavy (non-hydrogen) atoms. The number of rotatable bonds is 7. The van der Waals surface area contributed by atoms with Crippen molar-refractivity contribution in [1.29, 1.82) is 0 Å². The maximum Gasteiger partial charge on any atom is 0.329 e. The molecule has 1 amide bonds. The molecular weight excluding hydrogens is 360 g/mol. The predicted molar refractivity (Wildman–Crippen MR) is 109 cm³/mol. The molecule has 2 aromatic heterocycles. The Labute approximate surface area is 164 Å². The molecule has 0 aromatic carbocycles. The van der Waals surface area contributed by atoms with Crippen molar-refractivity contribution < 1.29 is 4.79 Å².